The van der Waals surface area contributed by atoms with Crippen LogP contribution in [-0.4, -0.2) is 36.0 Å². The quantitative estimate of drug-likeness (QED) is 0.631. The van der Waals surface area contributed by atoms with Crippen LogP contribution in [0.25, 0.3) is 0 Å². The van der Waals surface area contributed by atoms with Gasteiger partial charge < -0.3 is 14.6 Å². The van der Waals surface area contributed by atoms with Crippen molar-refractivity contribution >= 4 is 40.4 Å². The lowest BCUT2D eigenvalue weighted by atomic mass is 9.87. The van der Waals surface area contributed by atoms with Gasteiger partial charge in [0.1, 0.15) is 5.76 Å². The fourth-order valence-corrected chi connectivity index (χ4v) is 4.27. The van der Waals surface area contributed by atoms with Gasteiger partial charge in [0.2, 0.25) is 0 Å². The van der Waals surface area contributed by atoms with Crippen LogP contribution in [0.5, 0.6) is 5.06 Å². The normalized spacial score (nSPS) is 16.8. The smallest absolute Gasteiger partial charge is 0.495 e. The molecule has 0 aromatic carbocycles. The molecular formula is C18H13ClF3NO5S. The van der Waals surface area contributed by atoms with E-state index in [2.05, 4.69) is 9.73 Å². The Hall–Kier alpha value is -2.59. The third kappa shape index (κ3) is 4.23. The Morgan fingerprint density at radius 2 is 2.07 bits per heavy atom. The van der Waals surface area contributed by atoms with Crippen LogP contribution in [0.15, 0.2) is 49.6 Å². The second-order valence-corrected chi connectivity index (χ2v) is 7.35. The molecule has 0 atom stereocenters. The van der Waals surface area contributed by atoms with Crippen molar-refractivity contribution in [2.45, 2.75) is 26.1 Å². The number of carboxylic acid groups (broad SMARTS) is 1. The first kappa shape index (κ1) is 21.1. The number of aliphatic carboxylic acids is 1. The third-order valence-electron chi connectivity index (χ3n) is 4.23. The molecule has 3 rings (SSSR count). The van der Waals surface area contributed by atoms with Gasteiger partial charge in [-0.15, -0.1) is 24.5 Å². The van der Waals surface area contributed by atoms with Crippen molar-refractivity contribution in [1.82, 2.24) is 0 Å². The molecule has 0 radical (unpaired) electrons. The number of thiophene rings is 1. The summed E-state index contributed by atoms with van der Waals surface area (Å²) in [5.74, 6) is -1.61. The zero-order valence-electron chi connectivity index (χ0n) is 15.0. The molecule has 2 heterocycles. The van der Waals surface area contributed by atoms with Gasteiger partial charge in [-0.05, 0) is 12.5 Å². The zero-order chi connectivity index (χ0) is 21.5. The maximum Gasteiger partial charge on any atom is 0.573 e. The van der Waals surface area contributed by atoms with Crippen LogP contribution in [0.4, 0.5) is 13.2 Å². The van der Waals surface area contributed by atoms with Gasteiger partial charge in [-0.25, -0.2) is 0 Å². The van der Waals surface area contributed by atoms with Gasteiger partial charge in [-0.1, -0.05) is 11.6 Å². The van der Waals surface area contributed by atoms with Crippen molar-refractivity contribution in [3.05, 3.63) is 50.2 Å². The number of rotatable bonds is 6. The van der Waals surface area contributed by atoms with Crippen molar-refractivity contribution in [1.29, 1.82) is 0 Å². The van der Waals surface area contributed by atoms with E-state index in [1.54, 1.807) is 6.92 Å². The van der Waals surface area contributed by atoms with Crippen LogP contribution >= 0.6 is 22.9 Å². The Labute approximate surface area is 171 Å². The van der Waals surface area contributed by atoms with E-state index in [4.69, 9.17) is 21.4 Å². The number of alkyl halides is 3. The topological polar surface area (TPSA) is 85.2 Å². The summed E-state index contributed by atoms with van der Waals surface area (Å²) < 4.78 is 46.2. The highest BCUT2D eigenvalue weighted by Crippen LogP contribution is 2.42. The van der Waals surface area contributed by atoms with Gasteiger partial charge in [-0.2, -0.15) is 0 Å². The van der Waals surface area contributed by atoms with Gasteiger partial charge >= 0.3 is 12.3 Å². The first-order chi connectivity index (χ1) is 13.5. The number of hydrogen-bond acceptors (Lipinski definition) is 6. The molecule has 1 aromatic heterocycles. The van der Waals surface area contributed by atoms with Crippen LogP contribution in [0.3, 0.4) is 0 Å². The van der Waals surface area contributed by atoms with Crippen molar-refractivity contribution in [2.24, 2.45) is 4.99 Å². The van der Waals surface area contributed by atoms with Crippen molar-refractivity contribution < 1.29 is 37.3 Å². The number of Topliss-reactive ketones (excluding diaryl/α,β-unsaturated/α-hetero) is 1. The fraction of sp³-hybridized carbons (Fsp3) is 0.278. The Bertz CT molecular complexity index is 1030. The lowest BCUT2D eigenvalue weighted by Gasteiger charge is -2.21. The number of halogens is 4. The van der Waals surface area contributed by atoms with Crippen LogP contribution in [-0.2, 0) is 9.53 Å². The summed E-state index contributed by atoms with van der Waals surface area (Å²) in [7, 11) is 1.29. The summed E-state index contributed by atoms with van der Waals surface area (Å²) >= 11 is 7.04. The van der Waals surface area contributed by atoms with E-state index in [1.807, 2.05) is 0 Å². The van der Waals surface area contributed by atoms with E-state index < -0.39 is 23.2 Å². The molecule has 0 saturated carbocycles. The molecule has 0 bridgehead atoms. The summed E-state index contributed by atoms with van der Waals surface area (Å²) in [6.07, 6.45) is -5.16. The molecule has 29 heavy (non-hydrogen) atoms. The summed E-state index contributed by atoms with van der Waals surface area (Å²) in [5, 5.41) is 9.93. The van der Waals surface area contributed by atoms with E-state index in [0.29, 0.717) is 33.9 Å². The lowest BCUT2D eigenvalue weighted by Crippen LogP contribution is -2.19. The third-order valence-corrected chi connectivity index (χ3v) is 5.39. The van der Waals surface area contributed by atoms with Gasteiger partial charge in [0, 0.05) is 40.3 Å². The highest BCUT2D eigenvalue weighted by atomic mass is 35.5. The molecule has 11 heteroatoms. The van der Waals surface area contributed by atoms with Gasteiger partial charge in [0.25, 0.3) is 0 Å². The molecule has 1 aromatic rings. The fourth-order valence-electron chi connectivity index (χ4n) is 3.10. The van der Waals surface area contributed by atoms with E-state index in [9.17, 15) is 22.8 Å². The van der Waals surface area contributed by atoms with Crippen molar-refractivity contribution in [3.63, 3.8) is 0 Å². The highest BCUT2D eigenvalue weighted by Gasteiger charge is 2.37. The standard InChI is InChI=1S/C18H13ClF3NO5S/c1-7-9(5-12(24)25)14-11(23-7)4-10(17(27-2)15(14)19)16(26)8-3-13(29-6-8)28-18(20,21)22/h3,6H,4-5H2,1-2H3,(H,24,25). The number of ether oxygens (including phenoxy) is 2. The summed E-state index contributed by atoms with van der Waals surface area (Å²) in [6, 6.07) is 0.990. The predicted octanol–water partition coefficient (Wildman–Crippen LogP) is 4.83. The number of methoxy groups -OCH3 is 1. The molecule has 0 spiro atoms. The Kier molecular flexibility index (Phi) is 5.59. The monoisotopic (exact) mass is 447 g/mol. The maximum absolute atomic E-state index is 12.9. The van der Waals surface area contributed by atoms with E-state index in [1.165, 1.54) is 12.5 Å². The second-order valence-electron chi connectivity index (χ2n) is 6.10. The number of carbonyl (C=O) groups is 2. The highest BCUT2D eigenvalue weighted by molar-refractivity contribution is 7.12. The molecule has 0 amide bonds. The molecular weight excluding hydrogens is 435 g/mol. The molecule has 6 nitrogen and oxygen atoms in total. The maximum atomic E-state index is 12.9. The minimum Gasteiger partial charge on any atom is -0.495 e. The molecule has 1 aliphatic heterocycles. The number of ketones is 1. The summed E-state index contributed by atoms with van der Waals surface area (Å²) in [5.41, 5.74) is 1.81. The van der Waals surface area contributed by atoms with E-state index in [-0.39, 0.29) is 34.8 Å². The van der Waals surface area contributed by atoms with Crippen LogP contribution in [0, 0.1) is 0 Å². The number of hydrogen-bond donors (Lipinski definition) is 1. The molecule has 0 fully saturated rings. The van der Waals surface area contributed by atoms with Crippen molar-refractivity contribution in [3.8, 4) is 5.06 Å². The van der Waals surface area contributed by atoms with Crippen LogP contribution in [0.1, 0.15) is 30.1 Å². The average Bonchev–Trinajstić information content (AvgIpc) is 3.17. The molecule has 0 saturated heterocycles. The second kappa shape index (κ2) is 7.68. The van der Waals surface area contributed by atoms with Gasteiger partial charge in [0.15, 0.2) is 10.8 Å². The van der Waals surface area contributed by atoms with Crippen molar-refractivity contribution in [2.75, 3.05) is 7.11 Å². The number of allylic oxidation sites excluding steroid dienone is 4. The number of carboxylic acids is 1. The number of fused-ring (bicyclic) bond motifs is 1. The van der Waals surface area contributed by atoms with E-state index >= 15 is 0 Å². The molecule has 1 N–H and O–H groups in total. The number of carbonyl (C=O) groups excluding carboxylic acids is 1. The van der Waals surface area contributed by atoms with E-state index in [0.717, 1.165) is 6.07 Å². The largest absolute Gasteiger partial charge is 0.573 e. The molecule has 154 valence electrons. The predicted molar refractivity (Wildman–Crippen MR) is 99.3 cm³/mol. The summed E-state index contributed by atoms with van der Waals surface area (Å²) in [4.78, 5) is 28.4. The first-order valence-corrected chi connectivity index (χ1v) is 9.33. The Balaban J connectivity index is 1.99. The molecule has 2 aliphatic rings. The van der Waals surface area contributed by atoms with Crippen LogP contribution < -0.4 is 4.74 Å². The zero-order valence-corrected chi connectivity index (χ0v) is 16.6. The van der Waals surface area contributed by atoms with Gasteiger partial charge in [0.05, 0.1) is 24.3 Å². The lowest BCUT2D eigenvalue weighted by molar-refractivity contribution is -0.273. The van der Waals surface area contributed by atoms with Gasteiger partial charge in [-0.3, -0.25) is 14.6 Å². The summed E-state index contributed by atoms with van der Waals surface area (Å²) in [6.45, 7) is 1.63. The Morgan fingerprint density at radius 1 is 1.38 bits per heavy atom. The molecule has 1 aliphatic carbocycles. The minimum absolute atomic E-state index is 0.000668. The minimum atomic E-state index is -4.86. The first-order valence-electron chi connectivity index (χ1n) is 8.08. The molecule has 0 unspecified atom stereocenters. The van der Waals surface area contributed by atoms with Crippen LogP contribution in [0.2, 0.25) is 0 Å². The number of aliphatic imine (C=N–C) groups is 1. The Morgan fingerprint density at radius 3 is 2.66 bits per heavy atom. The number of nitrogens with zero attached hydrogens (tertiary/aromatic N) is 1. The average molecular weight is 448 g/mol. The SMILES string of the molecule is COC1=C(C(=O)c2csc(OC(F)(F)F)c2)CC2=NC(C)=C(CC(=O)O)C2=C1Cl.